The van der Waals surface area contributed by atoms with Gasteiger partial charge in [-0.3, -0.25) is 9.78 Å². The van der Waals surface area contributed by atoms with Crippen LogP contribution in [0.2, 0.25) is 0 Å². The van der Waals surface area contributed by atoms with Crippen LogP contribution in [-0.2, 0) is 9.53 Å². The summed E-state index contributed by atoms with van der Waals surface area (Å²) in [7, 11) is 1.65. The summed E-state index contributed by atoms with van der Waals surface area (Å²) < 4.78 is 19.2. The highest BCUT2D eigenvalue weighted by Gasteiger charge is 2.41. The van der Waals surface area contributed by atoms with Gasteiger partial charge in [0.1, 0.15) is 0 Å². The number of ether oxygens (including phenoxy) is 1. The van der Waals surface area contributed by atoms with Crippen molar-refractivity contribution in [3.8, 4) is 0 Å². The van der Waals surface area contributed by atoms with Crippen LogP contribution in [0.3, 0.4) is 0 Å². The number of carbonyl (C=O) groups excluding carboxylic acids is 1. The minimum atomic E-state index is -0.271. The predicted molar refractivity (Wildman–Crippen MR) is 85.8 cm³/mol. The van der Waals surface area contributed by atoms with Crippen molar-refractivity contribution < 1.29 is 13.9 Å². The smallest absolute Gasteiger partial charge is 0.222 e. The van der Waals surface area contributed by atoms with Crippen LogP contribution in [0, 0.1) is 11.2 Å². The molecule has 0 saturated carbocycles. The number of nitrogens with zero attached hydrogens (tertiary/aromatic N) is 3. The standard InChI is InChI=1S/C17H24FN3O2/c1-23-10-9-21-13-17(6-3-16(21)22)5-2-8-20(12-17)15-4-7-19-11-14(15)18/h4,7,11H,2-3,5-6,8-10,12-13H2,1H3/t17-/m0/s1. The first-order valence-corrected chi connectivity index (χ1v) is 8.25. The maximum absolute atomic E-state index is 14.0. The molecule has 5 nitrogen and oxygen atoms in total. The molecule has 2 fully saturated rings. The fraction of sp³-hybridized carbons (Fsp3) is 0.647. The summed E-state index contributed by atoms with van der Waals surface area (Å²) >= 11 is 0. The van der Waals surface area contributed by atoms with Crippen molar-refractivity contribution in [1.82, 2.24) is 9.88 Å². The molecule has 2 aliphatic rings. The summed E-state index contributed by atoms with van der Waals surface area (Å²) in [5.74, 6) is -0.0624. The molecule has 1 spiro atoms. The Morgan fingerprint density at radius 3 is 3.04 bits per heavy atom. The van der Waals surface area contributed by atoms with E-state index in [-0.39, 0.29) is 17.1 Å². The molecule has 0 aromatic carbocycles. The van der Waals surface area contributed by atoms with Crippen LogP contribution >= 0.6 is 0 Å². The van der Waals surface area contributed by atoms with Crippen LogP contribution in [0.25, 0.3) is 0 Å². The summed E-state index contributed by atoms with van der Waals surface area (Å²) in [5, 5.41) is 0. The number of piperidine rings is 2. The monoisotopic (exact) mass is 321 g/mol. The number of likely N-dealkylation sites (tertiary alicyclic amines) is 1. The first kappa shape index (κ1) is 16.2. The predicted octanol–water partition coefficient (Wildman–Crippen LogP) is 2.08. The molecule has 1 atom stereocenters. The third kappa shape index (κ3) is 3.47. The van der Waals surface area contributed by atoms with Gasteiger partial charge >= 0.3 is 0 Å². The number of carbonyl (C=O) groups is 1. The van der Waals surface area contributed by atoms with Gasteiger partial charge in [-0.05, 0) is 25.3 Å². The van der Waals surface area contributed by atoms with Gasteiger partial charge in [0.2, 0.25) is 5.91 Å². The van der Waals surface area contributed by atoms with Gasteiger partial charge < -0.3 is 14.5 Å². The average Bonchev–Trinajstić information content (AvgIpc) is 2.56. The summed E-state index contributed by atoms with van der Waals surface area (Å²) in [6, 6.07) is 1.74. The number of amides is 1. The van der Waals surface area contributed by atoms with E-state index in [0.717, 1.165) is 38.9 Å². The zero-order chi connectivity index (χ0) is 16.3. The van der Waals surface area contributed by atoms with E-state index >= 15 is 0 Å². The Morgan fingerprint density at radius 2 is 2.26 bits per heavy atom. The number of anilines is 1. The first-order valence-electron chi connectivity index (χ1n) is 8.25. The maximum Gasteiger partial charge on any atom is 0.222 e. The highest BCUT2D eigenvalue weighted by Crippen LogP contribution is 2.40. The largest absolute Gasteiger partial charge is 0.383 e. The van der Waals surface area contributed by atoms with E-state index in [1.54, 1.807) is 19.4 Å². The topological polar surface area (TPSA) is 45.7 Å². The Balaban J connectivity index is 1.74. The lowest BCUT2D eigenvalue weighted by Gasteiger charge is -2.48. The van der Waals surface area contributed by atoms with Gasteiger partial charge in [0.25, 0.3) is 0 Å². The molecule has 0 unspecified atom stereocenters. The zero-order valence-electron chi connectivity index (χ0n) is 13.6. The number of hydrogen-bond acceptors (Lipinski definition) is 4. The molecule has 23 heavy (non-hydrogen) atoms. The van der Waals surface area contributed by atoms with Crippen LogP contribution in [0.15, 0.2) is 18.5 Å². The molecule has 1 amide bonds. The summed E-state index contributed by atoms with van der Waals surface area (Å²) in [4.78, 5) is 20.0. The molecular formula is C17H24FN3O2. The SMILES string of the molecule is COCCN1C[C@@]2(CCCN(c3ccncc3F)C2)CCC1=O. The van der Waals surface area contributed by atoms with Gasteiger partial charge in [-0.15, -0.1) is 0 Å². The highest BCUT2D eigenvalue weighted by molar-refractivity contribution is 5.77. The van der Waals surface area contributed by atoms with Gasteiger partial charge in [-0.25, -0.2) is 4.39 Å². The second-order valence-electron chi connectivity index (χ2n) is 6.66. The minimum absolute atomic E-state index is 0.0651. The van der Waals surface area contributed by atoms with Crippen LogP contribution in [-0.4, -0.2) is 55.7 Å². The molecule has 1 aromatic rings. The number of aromatic nitrogens is 1. The fourth-order valence-electron chi connectivity index (χ4n) is 3.88. The summed E-state index contributed by atoms with van der Waals surface area (Å²) in [5.41, 5.74) is 0.690. The quantitative estimate of drug-likeness (QED) is 0.852. The van der Waals surface area contributed by atoms with Crippen molar-refractivity contribution in [2.75, 3.05) is 44.8 Å². The second-order valence-corrected chi connectivity index (χ2v) is 6.66. The van der Waals surface area contributed by atoms with E-state index in [9.17, 15) is 9.18 Å². The van der Waals surface area contributed by atoms with E-state index in [2.05, 4.69) is 9.88 Å². The molecule has 3 heterocycles. The maximum atomic E-state index is 14.0. The van der Waals surface area contributed by atoms with Crippen LogP contribution in [0.4, 0.5) is 10.1 Å². The number of hydrogen-bond donors (Lipinski definition) is 0. The van der Waals surface area contributed by atoms with Crippen molar-refractivity contribution in [3.05, 3.63) is 24.3 Å². The molecular weight excluding hydrogens is 297 g/mol. The zero-order valence-corrected chi connectivity index (χ0v) is 13.6. The third-order valence-corrected chi connectivity index (χ3v) is 5.07. The Kier molecular flexibility index (Phi) is 4.80. The highest BCUT2D eigenvalue weighted by atomic mass is 19.1. The van der Waals surface area contributed by atoms with Gasteiger partial charge in [-0.1, -0.05) is 0 Å². The Hall–Kier alpha value is -1.69. The van der Waals surface area contributed by atoms with Crippen molar-refractivity contribution in [1.29, 1.82) is 0 Å². The van der Waals surface area contributed by atoms with E-state index in [1.807, 2.05) is 4.90 Å². The van der Waals surface area contributed by atoms with Gasteiger partial charge in [-0.2, -0.15) is 0 Å². The molecule has 2 aliphatic heterocycles. The molecule has 0 radical (unpaired) electrons. The van der Waals surface area contributed by atoms with Gasteiger partial charge in [0.15, 0.2) is 5.82 Å². The van der Waals surface area contributed by atoms with Gasteiger partial charge in [0.05, 0.1) is 18.5 Å². The van der Waals surface area contributed by atoms with Crippen molar-refractivity contribution in [3.63, 3.8) is 0 Å². The lowest BCUT2D eigenvalue weighted by Crippen LogP contribution is -2.54. The summed E-state index contributed by atoms with van der Waals surface area (Å²) in [6.45, 7) is 3.60. The average molecular weight is 321 g/mol. The van der Waals surface area contributed by atoms with E-state index in [4.69, 9.17) is 4.74 Å². The minimum Gasteiger partial charge on any atom is -0.383 e. The van der Waals surface area contributed by atoms with E-state index in [1.165, 1.54) is 6.20 Å². The Morgan fingerprint density at radius 1 is 1.39 bits per heavy atom. The summed E-state index contributed by atoms with van der Waals surface area (Å²) in [6.07, 6.45) is 6.48. The second kappa shape index (κ2) is 6.83. The molecule has 2 saturated heterocycles. The lowest BCUT2D eigenvalue weighted by atomic mass is 9.73. The van der Waals surface area contributed by atoms with Crippen molar-refractivity contribution in [2.24, 2.45) is 5.41 Å². The van der Waals surface area contributed by atoms with Gasteiger partial charge in [0, 0.05) is 51.3 Å². The van der Waals surface area contributed by atoms with Crippen LogP contribution < -0.4 is 4.90 Å². The molecule has 1 aromatic heterocycles. The molecule has 0 N–H and O–H groups in total. The van der Waals surface area contributed by atoms with E-state index < -0.39 is 0 Å². The van der Waals surface area contributed by atoms with Crippen LogP contribution in [0.5, 0.6) is 0 Å². The number of rotatable bonds is 4. The number of pyridine rings is 1. The number of methoxy groups -OCH3 is 1. The first-order chi connectivity index (χ1) is 11.1. The molecule has 126 valence electrons. The normalized spacial score (nSPS) is 25.2. The lowest BCUT2D eigenvalue weighted by molar-refractivity contribution is -0.138. The Labute approximate surface area is 136 Å². The Bertz CT molecular complexity index is 569. The van der Waals surface area contributed by atoms with Crippen LogP contribution in [0.1, 0.15) is 25.7 Å². The fourth-order valence-corrected chi connectivity index (χ4v) is 3.88. The third-order valence-electron chi connectivity index (χ3n) is 5.07. The molecule has 3 rings (SSSR count). The van der Waals surface area contributed by atoms with Crippen molar-refractivity contribution in [2.45, 2.75) is 25.7 Å². The number of halogens is 1. The molecule has 0 bridgehead atoms. The molecule has 0 aliphatic carbocycles. The molecule has 6 heteroatoms. The van der Waals surface area contributed by atoms with Crippen molar-refractivity contribution >= 4 is 11.6 Å². The van der Waals surface area contributed by atoms with E-state index in [0.29, 0.717) is 25.3 Å².